The highest BCUT2D eigenvalue weighted by molar-refractivity contribution is 5.98. The van der Waals surface area contributed by atoms with Crippen LogP contribution in [0.5, 0.6) is 5.75 Å². The van der Waals surface area contributed by atoms with Crippen LogP contribution >= 0.6 is 0 Å². The van der Waals surface area contributed by atoms with E-state index < -0.39 is 0 Å². The van der Waals surface area contributed by atoms with Crippen LogP contribution in [0.15, 0.2) is 54.6 Å². The molecule has 5 rings (SSSR count). The van der Waals surface area contributed by atoms with Crippen LogP contribution in [0.1, 0.15) is 30.2 Å². The van der Waals surface area contributed by atoms with E-state index in [1.54, 1.807) is 13.2 Å². The van der Waals surface area contributed by atoms with Crippen molar-refractivity contribution in [1.82, 2.24) is 24.6 Å². The van der Waals surface area contributed by atoms with Gasteiger partial charge in [0.2, 0.25) is 5.91 Å². The smallest absolute Gasteiger partial charge is 0.246 e. The number of nitrogens with one attached hydrogen (secondary N) is 1. The second-order valence-corrected chi connectivity index (χ2v) is 11.7. The molecule has 1 atom stereocenters. The molecule has 1 amide bonds. The van der Waals surface area contributed by atoms with Crippen molar-refractivity contribution in [3.8, 4) is 5.75 Å². The molecule has 1 unspecified atom stereocenters. The van der Waals surface area contributed by atoms with Gasteiger partial charge in [0, 0.05) is 87.1 Å². The number of carbonyl (C=O) groups excluding carboxylic acids is 1. The standard InChI is InChI=1S/C34H47N5O2/c1-27-25-35-15-19-37(26-27)16-7-17-39-28(2)31(32-24-30(41-3)10-12-33(32)39)11-13-34(40)38-22-20-36(21-23-38)18-14-29-8-5-4-6-9-29/h4-6,8-13,24,27,35H,7,14-23,25-26H2,1-3H3/b13-11+. The Hall–Kier alpha value is -3.13. The number of ether oxygens (including phenoxy) is 1. The van der Waals surface area contributed by atoms with E-state index in [2.05, 4.69) is 76.0 Å². The Bertz CT molecular complexity index is 1310. The van der Waals surface area contributed by atoms with E-state index in [-0.39, 0.29) is 5.91 Å². The first-order valence-electron chi connectivity index (χ1n) is 15.3. The molecule has 0 bridgehead atoms. The van der Waals surface area contributed by atoms with Crippen LogP contribution in [0.25, 0.3) is 17.0 Å². The van der Waals surface area contributed by atoms with Crippen molar-refractivity contribution in [2.24, 2.45) is 5.92 Å². The highest BCUT2D eigenvalue weighted by Gasteiger charge is 2.20. The number of nitrogens with zero attached hydrogens (tertiary/aromatic N) is 4. The number of aryl methyl sites for hydroxylation is 1. The van der Waals surface area contributed by atoms with Crippen molar-refractivity contribution in [3.05, 3.63) is 71.4 Å². The number of rotatable bonds is 10. The number of carbonyl (C=O) groups is 1. The van der Waals surface area contributed by atoms with Crippen molar-refractivity contribution in [2.45, 2.75) is 33.2 Å². The summed E-state index contributed by atoms with van der Waals surface area (Å²) in [7, 11) is 1.71. The first kappa shape index (κ1) is 29.4. The highest BCUT2D eigenvalue weighted by Crippen LogP contribution is 2.31. The molecule has 0 aliphatic carbocycles. The summed E-state index contributed by atoms with van der Waals surface area (Å²) in [5.74, 6) is 1.62. The third kappa shape index (κ3) is 7.59. The van der Waals surface area contributed by atoms with Gasteiger partial charge in [0.25, 0.3) is 0 Å². The SMILES string of the molecule is COc1ccc2c(c1)c(/C=C/C(=O)N1CCN(CCc3ccccc3)CC1)c(C)n2CCCN1CCNCC(C)C1. The van der Waals surface area contributed by atoms with Crippen LogP contribution in [0.2, 0.25) is 0 Å². The van der Waals surface area contributed by atoms with Crippen molar-refractivity contribution >= 4 is 22.9 Å². The number of fused-ring (bicyclic) bond motifs is 1. The van der Waals surface area contributed by atoms with Crippen molar-refractivity contribution in [2.75, 3.05) is 72.6 Å². The molecule has 2 saturated heterocycles. The summed E-state index contributed by atoms with van der Waals surface area (Å²) < 4.78 is 7.98. The fourth-order valence-electron chi connectivity index (χ4n) is 6.33. The molecule has 41 heavy (non-hydrogen) atoms. The van der Waals surface area contributed by atoms with E-state index in [0.717, 1.165) is 102 Å². The fourth-order valence-corrected chi connectivity index (χ4v) is 6.33. The molecular weight excluding hydrogens is 510 g/mol. The van der Waals surface area contributed by atoms with Gasteiger partial charge in [-0.15, -0.1) is 0 Å². The maximum atomic E-state index is 13.2. The lowest BCUT2D eigenvalue weighted by molar-refractivity contribution is -0.127. The van der Waals surface area contributed by atoms with Gasteiger partial charge in [0.05, 0.1) is 7.11 Å². The maximum absolute atomic E-state index is 13.2. The topological polar surface area (TPSA) is 53.0 Å². The minimum Gasteiger partial charge on any atom is -0.497 e. The van der Waals surface area contributed by atoms with Crippen molar-refractivity contribution in [1.29, 1.82) is 0 Å². The second-order valence-electron chi connectivity index (χ2n) is 11.7. The Kier molecular flexibility index (Phi) is 10.1. The maximum Gasteiger partial charge on any atom is 0.246 e. The van der Waals surface area contributed by atoms with Crippen LogP contribution in [0.3, 0.4) is 0 Å². The number of amides is 1. The first-order valence-corrected chi connectivity index (χ1v) is 15.3. The minimum atomic E-state index is 0.0970. The van der Waals surface area contributed by atoms with Crippen molar-refractivity contribution < 1.29 is 9.53 Å². The van der Waals surface area contributed by atoms with E-state index in [1.807, 2.05) is 17.0 Å². The summed E-state index contributed by atoms with van der Waals surface area (Å²) in [6.45, 7) is 15.5. The average molecular weight is 558 g/mol. The largest absolute Gasteiger partial charge is 0.497 e. The second kappa shape index (κ2) is 14.2. The molecule has 220 valence electrons. The Labute approximate surface area is 245 Å². The van der Waals surface area contributed by atoms with Gasteiger partial charge in [-0.05, 0) is 68.6 Å². The molecule has 3 heterocycles. The fraction of sp³-hybridized carbons (Fsp3) is 0.500. The number of piperazine rings is 1. The van der Waals surface area contributed by atoms with Crippen LogP contribution in [0, 0.1) is 12.8 Å². The van der Waals surface area contributed by atoms with Crippen LogP contribution in [-0.4, -0.2) is 97.7 Å². The Morgan fingerprint density at radius 1 is 1.00 bits per heavy atom. The van der Waals surface area contributed by atoms with Gasteiger partial charge in [-0.2, -0.15) is 0 Å². The van der Waals surface area contributed by atoms with Gasteiger partial charge in [0.1, 0.15) is 5.75 Å². The summed E-state index contributed by atoms with van der Waals surface area (Å²) in [6, 6.07) is 16.9. The Balaban J connectivity index is 1.22. The zero-order valence-corrected chi connectivity index (χ0v) is 25.1. The third-order valence-corrected chi connectivity index (χ3v) is 8.74. The lowest BCUT2D eigenvalue weighted by Gasteiger charge is -2.34. The first-order chi connectivity index (χ1) is 20.0. The predicted octanol–water partition coefficient (Wildman–Crippen LogP) is 4.29. The number of benzene rings is 2. The Morgan fingerprint density at radius 2 is 1.80 bits per heavy atom. The summed E-state index contributed by atoms with van der Waals surface area (Å²) in [6.07, 6.45) is 5.95. The molecule has 0 radical (unpaired) electrons. The van der Waals surface area contributed by atoms with Gasteiger partial charge in [-0.25, -0.2) is 0 Å². The predicted molar refractivity (Wildman–Crippen MR) is 169 cm³/mol. The summed E-state index contributed by atoms with van der Waals surface area (Å²) in [5, 5.41) is 4.69. The average Bonchev–Trinajstić information content (AvgIpc) is 3.10. The molecule has 0 saturated carbocycles. The Morgan fingerprint density at radius 3 is 2.59 bits per heavy atom. The molecular formula is C34H47N5O2. The van der Waals surface area contributed by atoms with Crippen LogP contribution in [0.4, 0.5) is 0 Å². The molecule has 2 fully saturated rings. The van der Waals surface area contributed by atoms with Gasteiger partial charge in [-0.1, -0.05) is 37.3 Å². The van der Waals surface area contributed by atoms with E-state index in [4.69, 9.17) is 4.74 Å². The van der Waals surface area contributed by atoms with Gasteiger partial charge in [0.15, 0.2) is 0 Å². The summed E-state index contributed by atoms with van der Waals surface area (Å²) >= 11 is 0. The lowest BCUT2D eigenvalue weighted by Crippen LogP contribution is -2.48. The highest BCUT2D eigenvalue weighted by atomic mass is 16.5. The van der Waals surface area contributed by atoms with Gasteiger partial charge >= 0.3 is 0 Å². The molecule has 7 nitrogen and oxygen atoms in total. The van der Waals surface area contributed by atoms with Crippen LogP contribution < -0.4 is 10.1 Å². The quantitative estimate of drug-likeness (QED) is 0.377. The lowest BCUT2D eigenvalue weighted by atomic mass is 10.1. The molecule has 2 aliphatic rings. The number of methoxy groups -OCH3 is 1. The van der Waals surface area contributed by atoms with E-state index in [1.165, 1.54) is 16.8 Å². The van der Waals surface area contributed by atoms with E-state index in [0.29, 0.717) is 5.92 Å². The molecule has 1 N–H and O–H groups in total. The molecule has 1 aromatic heterocycles. The van der Waals surface area contributed by atoms with Gasteiger partial charge < -0.3 is 24.4 Å². The third-order valence-electron chi connectivity index (χ3n) is 8.74. The summed E-state index contributed by atoms with van der Waals surface area (Å²) in [4.78, 5) is 20.3. The molecule has 7 heteroatoms. The number of hydrogen-bond acceptors (Lipinski definition) is 5. The zero-order chi connectivity index (χ0) is 28.6. The molecule has 2 aromatic carbocycles. The number of aromatic nitrogens is 1. The van der Waals surface area contributed by atoms with Crippen molar-refractivity contribution in [3.63, 3.8) is 0 Å². The van der Waals surface area contributed by atoms with Gasteiger partial charge in [-0.3, -0.25) is 9.69 Å². The molecule has 3 aromatic rings. The minimum absolute atomic E-state index is 0.0970. The molecule has 2 aliphatic heterocycles. The normalized spacial score (nSPS) is 19.2. The van der Waals surface area contributed by atoms with E-state index >= 15 is 0 Å². The van der Waals surface area contributed by atoms with E-state index in [9.17, 15) is 4.79 Å². The molecule has 0 spiro atoms. The number of hydrogen-bond donors (Lipinski definition) is 1. The van der Waals surface area contributed by atoms with Crippen LogP contribution in [-0.2, 0) is 17.8 Å². The summed E-state index contributed by atoms with van der Waals surface area (Å²) in [5.41, 5.74) is 4.89. The monoisotopic (exact) mass is 557 g/mol. The zero-order valence-electron chi connectivity index (χ0n) is 25.1.